The molecule has 0 saturated heterocycles. The highest BCUT2D eigenvalue weighted by Gasteiger charge is 2.42. The molecule has 0 aliphatic heterocycles. The van der Waals surface area contributed by atoms with Crippen molar-refractivity contribution in [2.75, 3.05) is 0 Å². The average molecular weight is 586 g/mol. The molecule has 0 radical (unpaired) electrons. The molecule has 4 rings (SSSR count). The summed E-state index contributed by atoms with van der Waals surface area (Å²) in [6.07, 6.45) is 1.92. The third-order valence-corrected chi connectivity index (χ3v) is 7.64. The number of phenols is 1. The van der Waals surface area contributed by atoms with Crippen LogP contribution in [0.15, 0.2) is 72.8 Å². The molecule has 43 heavy (non-hydrogen) atoms. The number of carbonyl (C=O) groups excluding carboxylic acids is 3. The Bertz CT molecular complexity index is 1410. The molecule has 8 heteroatoms. The van der Waals surface area contributed by atoms with Gasteiger partial charge in [0.1, 0.15) is 23.4 Å². The largest absolute Gasteiger partial charge is 0.508 e. The van der Waals surface area contributed by atoms with Crippen molar-refractivity contribution in [3.05, 3.63) is 101 Å². The molecule has 0 spiro atoms. The van der Waals surface area contributed by atoms with Crippen molar-refractivity contribution in [1.82, 2.24) is 15.5 Å². The Kier molecular flexibility index (Phi) is 10.1. The van der Waals surface area contributed by atoms with E-state index in [1.807, 2.05) is 62.4 Å². The summed E-state index contributed by atoms with van der Waals surface area (Å²) in [5.74, 6) is -0.534. The first kappa shape index (κ1) is 31.6. The minimum absolute atomic E-state index is 0.104. The van der Waals surface area contributed by atoms with Crippen LogP contribution in [0, 0.1) is 13.8 Å². The Labute approximate surface area is 254 Å². The van der Waals surface area contributed by atoms with Crippen LogP contribution in [0.25, 0.3) is 0 Å². The lowest BCUT2D eigenvalue weighted by Gasteiger charge is -2.44. The predicted molar refractivity (Wildman–Crippen MR) is 166 cm³/mol. The summed E-state index contributed by atoms with van der Waals surface area (Å²) >= 11 is 0. The molecule has 8 nitrogen and oxygen atoms in total. The second-order valence-corrected chi connectivity index (χ2v) is 12.4. The third kappa shape index (κ3) is 8.60. The zero-order chi connectivity index (χ0) is 31.1. The molecule has 0 bridgehead atoms. The average Bonchev–Trinajstić information content (AvgIpc) is 2.91. The zero-order valence-corrected chi connectivity index (χ0v) is 25.7. The van der Waals surface area contributed by atoms with E-state index in [1.54, 1.807) is 49.9 Å². The number of ether oxygens (including phenoxy) is 1. The van der Waals surface area contributed by atoms with Crippen LogP contribution in [0.5, 0.6) is 5.75 Å². The molecule has 3 amide bonds. The van der Waals surface area contributed by atoms with Crippen LogP contribution in [0.3, 0.4) is 0 Å². The highest BCUT2D eigenvalue weighted by Crippen LogP contribution is 2.35. The molecule has 228 valence electrons. The summed E-state index contributed by atoms with van der Waals surface area (Å²) < 4.78 is 5.53. The number of benzene rings is 3. The number of amides is 3. The fraction of sp³-hybridized carbons (Fsp3) is 0.400. The molecule has 1 aliphatic rings. The summed E-state index contributed by atoms with van der Waals surface area (Å²) in [5.41, 5.74) is 3.65. The van der Waals surface area contributed by atoms with E-state index in [-0.39, 0.29) is 30.0 Å². The van der Waals surface area contributed by atoms with Gasteiger partial charge in [0, 0.05) is 19.0 Å². The van der Waals surface area contributed by atoms with Crippen LogP contribution in [0.1, 0.15) is 73.9 Å². The highest BCUT2D eigenvalue weighted by atomic mass is 16.6. The summed E-state index contributed by atoms with van der Waals surface area (Å²) in [6, 6.07) is 20.0. The Morgan fingerprint density at radius 1 is 0.953 bits per heavy atom. The topological polar surface area (TPSA) is 108 Å². The standard InChI is InChI=1S/C35H43N3O5/c1-23-14-19-29(24(2)20-23)31(32(40)36-22-26-10-7-6-8-11-26)38(27-12-9-13-27)33(41)30(37-34(42)43-35(3,4)5)21-25-15-17-28(39)18-16-25/h6-8,10-11,14-20,27,30-31,39H,9,12-13,21-22H2,1-5H3,(H,36,40)(H,37,42). The number of phenolic OH excluding ortho intramolecular Hbond substituents is 1. The summed E-state index contributed by atoms with van der Waals surface area (Å²) in [6.45, 7) is 9.55. The molecular weight excluding hydrogens is 542 g/mol. The number of carbonyl (C=O) groups is 3. The highest BCUT2D eigenvalue weighted by molar-refractivity contribution is 5.93. The van der Waals surface area contributed by atoms with Crippen LogP contribution < -0.4 is 10.6 Å². The van der Waals surface area contributed by atoms with E-state index >= 15 is 0 Å². The number of aryl methyl sites for hydroxylation is 2. The molecule has 3 aromatic carbocycles. The molecule has 0 heterocycles. The minimum atomic E-state index is -1.00. The lowest BCUT2D eigenvalue weighted by molar-refractivity contribution is -0.147. The second kappa shape index (κ2) is 13.8. The van der Waals surface area contributed by atoms with Crippen molar-refractivity contribution < 1.29 is 24.2 Å². The van der Waals surface area contributed by atoms with Crippen LogP contribution >= 0.6 is 0 Å². The third-order valence-electron chi connectivity index (χ3n) is 7.64. The number of rotatable bonds is 10. The van der Waals surface area contributed by atoms with Crippen LogP contribution in [0.2, 0.25) is 0 Å². The quantitative estimate of drug-likeness (QED) is 0.275. The van der Waals surface area contributed by atoms with Gasteiger partial charge in [-0.05, 0) is 88.3 Å². The van der Waals surface area contributed by atoms with Gasteiger partial charge < -0.3 is 25.4 Å². The molecule has 1 saturated carbocycles. The normalized spacial score (nSPS) is 14.6. The molecular formula is C35H43N3O5. The minimum Gasteiger partial charge on any atom is -0.508 e. The van der Waals surface area contributed by atoms with Gasteiger partial charge in [0.25, 0.3) is 0 Å². The van der Waals surface area contributed by atoms with Gasteiger partial charge in [-0.2, -0.15) is 0 Å². The molecule has 2 atom stereocenters. The van der Waals surface area contributed by atoms with Crippen LogP contribution in [-0.4, -0.2) is 45.6 Å². The van der Waals surface area contributed by atoms with Crippen molar-refractivity contribution in [2.45, 2.75) is 90.6 Å². The van der Waals surface area contributed by atoms with Gasteiger partial charge in [0.15, 0.2) is 0 Å². The zero-order valence-electron chi connectivity index (χ0n) is 25.7. The Morgan fingerprint density at radius 3 is 2.21 bits per heavy atom. The van der Waals surface area contributed by atoms with E-state index in [1.165, 1.54) is 0 Å². The van der Waals surface area contributed by atoms with Crippen molar-refractivity contribution in [3.8, 4) is 5.75 Å². The first-order valence-electron chi connectivity index (χ1n) is 14.9. The van der Waals surface area contributed by atoms with Gasteiger partial charge in [-0.1, -0.05) is 66.2 Å². The SMILES string of the molecule is Cc1ccc(C(C(=O)NCc2ccccc2)N(C(=O)C(Cc2ccc(O)cc2)NC(=O)OC(C)(C)C)C2CCC2)c(C)c1. The molecule has 1 fully saturated rings. The molecule has 2 unspecified atom stereocenters. The van der Waals surface area contributed by atoms with E-state index in [9.17, 15) is 19.5 Å². The van der Waals surface area contributed by atoms with Gasteiger partial charge in [0.2, 0.25) is 11.8 Å². The Morgan fingerprint density at radius 2 is 1.63 bits per heavy atom. The predicted octanol–water partition coefficient (Wildman–Crippen LogP) is 5.88. The van der Waals surface area contributed by atoms with Crippen molar-refractivity contribution in [2.24, 2.45) is 0 Å². The molecule has 0 aromatic heterocycles. The van der Waals surface area contributed by atoms with Crippen LogP contribution in [-0.2, 0) is 27.3 Å². The Hall–Kier alpha value is -4.33. The summed E-state index contributed by atoms with van der Waals surface area (Å²) in [5, 5.41) is 15.7. The number of nitrogens with zero attached hydrogens (tertiary/aromatic N) is 1. The number of hydrogen-bond acceptors (Lipinski definition) is 5. The number of aromatic hydroxyl groups is 1. The lowest BCUT2D eigenvalue weighted by atomic mass is 9.86. The lowest BCUT2D eigenvalue weighted by Crippen LogP contribution is -2.58. The van der Waals surface area contributed by atoms with Gasteiger partial charge in [0.05, 0.1) is 0 Å². The van der Waals surface area contributed by atoms with Crippen molar-refractivity contribution in [1.29, 1.82) is 0 Å². The molecule has 3 N–H and O–H groups in total. The van der Waals surface area contributed by atoms with Crippen molar-refractivity contribution in [3.63, 3.8) is 0 Å². The molecule has 3 aromatic rings. The van der Waals surface area contributed by atoms with Gasteiger partial charge >= 0.3 is 6.09 Å². The summed E-state index contributed by atoms with van der Waals surface area (Å²) in [4.78, 5) is 43.5. The first-order chi connectivity index (χ1) is 20.4. The van der Waals surface area contributed by atoms with E-state index < -0.39 is 23.8 Å². The smallest absolute Gasteiger partial charge is 0.408 e. The summed E-state index contributed by atoms with van der Waals surface area (Å²) in [7, 11) is 0. The van der Waals surface area contributed by atoms with Gasteiger partial charge in [-0.15, -0.1) is 0 Å². The fourth-order valence-corrected chi connectivity index (χ4v) is 5.31. The van der Waals surface area contributed by atoms with Crippen molar-refractivity contribution >= 4 is 17.9 Å². The van der Waals surface area contributed by atoms with Gasteiger partial charge in [-0.3, -0.25) is 9.59 Å². The fourth-order valence-electron chi connectivity index (χ4n) is 5.31. The first-order valence-corrected chi connectivity index (χ1v) is 14.9. The monoisotopic (exact) mass is 585 g/mol. The maximum atomic E-state index is 14.6. The van der Waals surface area contributed by atoms with Gasteiger partial charge in [-0.25, -0.2) is 4.79 Å². The molecule has 1 aliphatic carbocycles. The number of alkyl carbamates (subject to hydrolysis) is 1. The van der Waals surface area contributed by atoms with Crippen LogP contribution in [0.4, 0.5) is 4.79 Å². The number of hydrogen-bond donors (Lipinski definition) is 3. The maximum absolute atomic E-state index is 14.6. The number of nitrogens with one attached hydrogen (secondary N) is 2. The van der Waals surface area contributed by atoms with E-state index in [0.717, 1.165) is 47.1 Å². The van der Waals surface area contributed by atoms with E-state index in [2.05, 4.69) is 10.6 Å². The van der Waals surface area contributed by atoms with E-state index in [0.29, 0.717) is 6.54 Å². The second-order valence-electron chi connectivity index (χ2n) is 12.4. The maximum Gasteiger partial charge on any atom is 0.408 e. The Balaban J connectivity index is 1.73. The van der Waals surface area contributed by atoms with E-state index in [4.69, 9.17) is 4.74 Å².